The molecule has 24 heavy (non-hydrogen) atoms. The summed E-state index contributed by atoms with van der Waals surface area (Å²) in [5, 5.41) is 8.81. The lowest BCUT2D eigenvalue weighted by atomic mass is 10.2. The number of hydrogen-bond acceptors (Lipinski definition) is 6. The topological polar surface area (TPSA) is 123 Å². The molecule has 0 fully saturated rings. The number of ether oxygens (including phenoxy) is 1. The molecule has 1 aromatic carbocycles. The Morgan fingerprint density at radius 1 is 1.29 bits per heavy atom. The monoisotopic (exact) mass is 332 g/mol. The number of carboxylic acids is 1. The van der Waals surface area contributed by atoms with Crippen LogP contribution < -0.4 is 16.4 Å². The van der Waals surface area contributed by atoms with Crippen LogP contribution in [0.5, 0.6) is 0 Å². The second kappa shape index (κ2) is 7.77. The summed E-state index contributed by atoms with van der Waals surface area (Å²) in [5.41, 5.74) is 5.04. The van der Waals surface area contributed by atoms with E-state index in [1.54, 1.807) is 19.1 Å². The fourth-order valence-electron chi connectivity index (χ4n) is 1.86. The Bertz CT molecular complexity index is 788. The molecule has 2 aromatic rings. The van der Waals surface area contributed by atoms with E-state index >= 15 is 0 Å². The molecule has 126 valence electrons. The molecule has 1 amide bonds. The average molecular weight is 332 g/mol. The molecule has 0 aliphatic carbocycles. The van der Waals surface area contributed by atoms with Gasteiger partial charge in [0, 0.05) is 11.9 Å². The molecule has 1 heterocycles. The summed E-state index contributed by atoms with van der Waals surface area (Å²) < 4.78 is 5.99. The number of anilines is 1. The van der Waals surface area contributed by atoms with Crippen molar-refractivity contribution < 1.29 is 19.4 Å². The highest BCUT2D eigenvalue weighted by Gasteiger charge is 2.11. The Kier molecular flexibility index (Phi) is 5.50. The van der Waals surface area contributed by atoms with Gasteiger partial charge in [-0.2, -0.15) is 0 Å². The standard InChI is InChI=1S/C15H16N4O5/c1-10-7-16-13(14(22)19(10)8-12(20)21)17-18-15(23)24-9-11-5-3-2-4-6-11/h2-7H,8-9H2,1H3,(H,16,17)(H,18,23)(H,20,21). The normalized spacial score (nSPS) is 10.0. The molecule has 3 N–H and O–H groups in total. The van der Waals surface area contributed by atoms with Crippen molar-refractivity contribution in [3.8, 4) is 0 Å². The summed E-state index contributed by atoms with van der Waals surface area (Å²) in [6, 6.07) is 9.07. The van der Waals surface area contributed by atoms with Crippen LogP contribution in [0, 0.1) is 6.92 Å². The van der Waals surface area contributed by atoms with Crippen LogP contribution in [-0.4, -0.2) is 26.7 Å². The summed E-state index contributed by atoms with van der Waals surface area (Å²) in [5.74, 6) is -1.37. The Morgan fingerprint density at radius 3 is 2.67 bits per heavy atom. The number of aromatic nitrogens is 2. The van der Waals surface area contributed by atoms with Crippen LogP contribution in [0.2, 0.25) is 0 Å². The van der Waals surface area contributed by atoms with Crippen LogP contribution in [0.15, 0.2) is 41.3 Å². The van der Waals surface area contributed by atoms with E-state index in [9.17, 15) is 14.4 Å². The van der Waals surface area contributed by atoms with Crippen molar-refractivity contribution in [3.05, 3.63) is 58.1 Å². The van der Waals surface area contributed by atoms with Crippen LogP contribution >= 0.6 is 0 Å². The molecule has 0 radical (unpaired) electrons. The summed E-state index contributed by atoms with van der Waals surface area (Å²) >= 11 is 0. The second-order valence-electron chi connectivity index (χ2n) is 4.84. The van der Waals surface area contributed by atoms with Crippen molar-refractivity contribution in [2.45, 2.75) is 20.1 Å². The average Bonchev–Trinajstić information content (AvgIpc) is 2.57. The van der Waals surface area contributed by atoms with Gasteiger partial charge in [-0.25, -0.2) is 15.2 Å². The number of aliphatic carboxylic acids is 1. The Labute approximate surface area is 136 Å². The van der Waals surface area contributed by atoms with E-state index in [1.165, 1.54) is 6.20 Å². The van der Waals surface area contributed by atoms with Gasteiger partial charge >= 0.3 is 12.1 Å². The lowest BCUT2D eigenvalue weighted by molar-refractivity contribution is -0.137. The lowest BCUT2D eigenvalue weighted by Gasteiger charge is -2.11. The largest absolute Gasteiger partial charge is 0.480 e. The van der Waals surface area contributed by atoms with Crippen LogP contribution in [0.25, 0.3) is 0 Å². The first-order valence-electron chi connectivity index (χ1n) is 6.98. The van der Waals surface area contributed by atoms with Crippen molar-refractivity contribution >= 4 is 17.9 Å². The number of carboxylic acid groups (broad SMARTS) is 1. The predicted molar refractivity (Wildman–Crippen MR) is 84.3 cm³/mol. The van der Waals surface area contributed by atoms with Crippen molar-refractivity contribution in [3.63, 3.8) is 0 Å². The number of carbonyl (C=O) groups excluding carboxylic acids is 1. The van der Waals surface area contributed by atoms with Gasteiger partial charge in [0.05, 0.1) is 0 Å². The van der Waals surface area contributed by atoms with Gasteiger partial charge in [-0.15, -0.1) is 0 Å². The van der Waals surface area contributed by atoms with Crippen molar-refractivity contribution in [1.82, 2.24) is 15.0 Å². The minimum Gasteiger partial charge on any atom is -0.480 e. The van der Waals surface area contributed by atoms with Crippen LogP contribution in [0.1, 0.15) is 11.3 Å². The third-order valence-corrected chi connectivity index (χ3v) is 3.04. The van der Waals surface area contributed by atoms with Gasteiger partial charge in [-0.05, 0) is 12.5 Å². The molecule has 9 nitrogen and oxygen atoms in total. The van der Waals surface area contributed by atoms with E-state index in [0.717, 1.165) is 10.1 Å². The zero-order valence-electron chi connectivity index (χ0n) is 12.9. The maximum absolute atomic E-state index is 12.1. The molecule has 0 saturated heterocycles. The highest BCUT2D eigenvalue weighted by atomic mass is 16.6. The maximum atomic E-state index is 12.1. The van der Waals surface area contributed by atoms with E-state index in [-0.39, 0.29) is 12.4 Å². The van der Waals surface area contributed by atoms with Crippen molar-refractivity contribution in [2.75, 3.05) is 5.43 Å². The number of carbonyl (C=O) groups is 2. The first kappa shape index (κ1) is 17.0. The first-order valence-corrected chi connectivity index (χ1v) is 6.98. The summed E-state index contributed by atoms with van der Waals surface area (Å²) in [7, 11) is 0. The number of nitrogens with zero attached hydrogens (tertiary/aromatic N) is 2. The third-order valence-electron chi connectivity index (χ3n) is 3.04. The number of hydrazine groups is 1. The highest BCUT2D eigenvalue weighted by Crippen LogP contribution is 2.01. The fraction of sp³-hybridized carbons (Fsp3) is 0.200. The van der Waals surface area contributed by atoms with E-state index in [1.807, 2.05) is 18.2 Å². The van der Waals surface area contributed by atoms with Crippen molar-refractivity contribution in [2.24, 2.45) is 0 Å². The molecule has 0 aliphatic rings. The Morgan fingerprint density at radius 2 is 2.00 bits per heavy atom. The van der Waals surface area contributed by atoms with E-state index in [2.05, 4.69) is 15.8 Å². The van der Waals surface area contributed by atoms with Crippen LogP contribution in [-0.2, 0) is 22.7 Å². The van der Waals surface area contributed by atoms with Crippen LogP contribution in [0.4, 0.5) is 10.6 Å². The van der Waals surface area contributed by atoms with Gasteiger partial charge in [0.1, 0.15) is 13.2 Å². The zero-order chi connectivity index (χ0) is 17.5. The van der Waals surface area contributed by atoms with Gasteiger partial charge in [-0.1, -0.05) is 30.3 Å². The van der Waals surface area contributed by atoms with Gasteiger partial charge in [0.15, 0.2) is 0 Å². The molecule has 0 saturated carbocycles. The van der Waals surface area contributed by atoms with Crippen LogP contribution in [0.3, 0.4) is 0 Å². The minimum atomic E-state index is -1.16. The second-order valence-corrected chi connectivity index (χ2v) is 4.84. The number of rotatable bonds is 6. The molecule has 0 aliphatic heterocycles. The predicted octanol–water partition coefficient (Wildman–Crippen LogP) is 0.890. The molecular weight excluding hydrogens is 316 g/mol. The summed E-state index contributed by atoms with van der Waals surface area (Å²) in [4.78, 5) is 38.3. The molecule has 0 atom stereocenters. The van der Waals surface area contributed by atoms with Gasteiger partial charge in [0.25, 0.3) is 5.56 Å². The van der Waals surface area contributed by atoms with Gasteiger partial charge in [-0.3, -0.25) is 19.6 Å². The Hall–Kier alpha value is -3.36. The number of amides is 1. The number of hydrogen-bond donors (Lipinski definition) is 3. The molecular formula is C15H16N4O5. The fourth-order valence-corrected chi connectivity index (χ4v) is 1.86. The van der Waals surface area contributed by atoms with E-state index < -0.39 is 24.2 Å². The number of nitrogens with one attached hydrogen (secondary N) is 2. The quantitative estimate of drug-likeness (QED) is 0.671. The van der Waals surface area contributed by atoms with E-state index in [4.69, 9.17) is 9.84 Å². The molecule has 0 bridgehead atoms. The SMILES string of the molecule is Cc1cnc(NNC(=O)OCc2ccccc2)c(=O)n1CC(=O)O. The summed E-state index contributed by atoms with van der Waals surface area (Å²) in [6.45, 7) is 1.13. The zero-order valence-corrected chi connectivity index (χ0v) is 12.9. The molecule has 9 heteroatoms. The van der Waals surface area contributed by atoms with E-state index in [0.29, 0.717) is 5.69 Å². The first-order chi connectivity index (χ1) is 11.5. The molecule has 0 unspecified atom stereocenters. The number of benzene rings is 1. The van der Waals surface area contributed by atoms with Crippen molar-refractivity contribution in [1.29, 1.82) is 0 Å². The maximum Gasteiger partial charge on any atom is 0.426 e. The summed E-state index contributed by atoms with van der Waals surface area (Å²) in [6.07, 6.45) is 0.523. The van der Waals surface area contributed by atoms with Gasteiger partial charge in [0.2, 0.25) is 5.82 Å². The molecule has 0 spiro atoms. The minimum absolute atomic E-state index is 0.0684. The molecule has 2 rings (SSSR count). The Balaban J connectivity index is 1.95. The lowest BCUT2D eigenvalue weighted by Crippen LogP contribution is -2.36. The molecule has 1 aromatic heterocycles. The number of aryl methyl sites for hydroxylation is 1. The third kappa shape index (κ3) is 4.57. The smallest absolute Gasteiger partial charge is 0.426 e. The highest BCUT2D eigenvalue weighted by molar-refractivity contribution is 5.69. The van der Waals surface area contributed by atoms with Gasteiger partial charge < -0.3 is 9.84 Å².